The Kier molecular flexibility index (Phi) is 5.00. The highest BCUT2D eigenvalue weighted by molar-refractivity contribution is 7.89. The zero-order chi connectivity index (χ0) is 17.4. The average Bonchev–Trinajstić information content (AvgIpc) is 2.51. The second-order valence-electron chi connectivity index (χ2n) is 5.61. The summed E-state index contributed by atoms with van der Waals surface area (Å²) < 4.78 is 66.0. The summed E-state index contributed by atoms with van der Waals surface area (Å²) in [6, 6.07) is 1.26. The Morgan fingerprint density at radius 2 is 1.87 bits per heavy atom. The summed E-state index contributed by atoms with van der Waals surface area (Å²) in [6.45, 7) is -0.0181. The molecule has 0 unspecified atom stereocenters. The summed E-state index contributed by atoms with van der Waals surface area (Å²) in [5, 5.41) is 0. The first-order valence-corrected chi connectivity index (χ1v) is 8.45. The molecule has 1 aromatic carbocycles. The lowest BCUT2D eigenvalue weighted by atomic mass is 9.98. The third-order valence-corrected chi connectivity index (χ3v) is 5.67. The number of rotatable bonds is 3. The van der Waals surface area contributed by atoms with Crippen molar-refractivity contribution in [3.8, 4) is 0 Å². The fourth-order valence-electron chi connectivity index (χ4n) is 2.57. The Balaban J connectivity index is 2.33. The minimum Gasteiger partial charge on any atom is -0.349 e. The average molecular weight is 350 g/mol. The molecule has 1 amide bonds. The molecule has 1 aliphatic rings. The molecule has 0 spiro atoms. The first-order valence-electron chi connectivity index (χ1n) is 7.01. The molecule has 0 radical (unpaired) electrons. The van der Waals surface area contributed by atoms with E-state index in [2.05, 4.69) is 0 Å². The third-order valence-electron chi connectivity index (χ3n) is 3.79. The van der Waals surface area contributed by atoms with Crippen LogP contribution in [0.2, 0.25) is 0 Å². The number of hydrogen-bond acceptors (Lipinski definition) is 3. The fraction of sp³-hybridized carbons (Fsp3) is 0.500. The molecule has 1 aliphatic heterocycles. The second-order valence-corrected chi connectivity index (χ2v) is 7.51. The van der Waals surface area contributed by atoms with Crippen LogP contribution in [0.3, 0.4) is 0 Å². The standard InChI is InChI=1S/C14H17F3N2O3S/c1-18(2)14(20)9-4-3-7-19(8-9)23(21,22)11-6-5-10(15)12(16)13(11)17/h5-6,9H,3-4,7-8H2,1-2H3/t9-/m1/s1. The number of halogens is 3. The molecule has 2 rings (SSSR count). The number of benzene rings is 1. The van der Waals surface area contributed by atoms with Gasteiger partial charge in [-0.1, -0.05) is 0 Å². The Morgan fingerprint density at radius 3 is 2.48 bits per heavy atom. The largest absolute Gasteiger partial charge is 0.349 e. The number of nitrogens with zero attached hydrogens (tertiary/aromatic N) is 2. The minimum absolute atomic E-state index is 0.0952. The van der Waals surface area contributed by atoms with Crippen LogP contribution < -0.4 is 0 Å². The number of carbonyl (C=O) groups excluding carboxylic acids is 1. The Labute approximate surface area is 132 Å². The predicted molar refractivity (Wildman–Crippen MR) is 76.5 cm³/mol. The number of amides is 1. The van der Waals surface area contributed by atoms with Crippen molar-refractivity contribution in [3.63, 3.8) is 0 Å². The molecule has 0 aromatic heterocycles. The fourth-order valence-corrected chi connectivity index (χ4v) is 4.15. The molecular weight excluding hydrogens is 333 g/mol. The van der Waals surface area contributed by atoms with E-state index in [1.54, 1.807) is 14.1 Å². The molecule has 5 nitrogen and oxygen atoms in total. The Bertz CT molecular complexity index is 722. The van der Waals surface area contributed by atoms with Crippen molar-refractivity contribution in [2.45, 2.75) is 17.7 Å². The highest BCUT2D eigenvalue weighted by atomic mass is 32.2. The monoisotopic (exact) mass is 350 g/mol. The van der Waals surface area contributed by atoms with E-state index in [0.29, 0.717) is 25.0 Å². The number of carbonyl (C=O) groups is 1. The van der Waals surface area contributed by atoms with Crippen molar-refractivity contribution >= 4 is 15.9 Å². The molecule has 0 aliphatic carbocycles. The van der Waals surface area contributed by atoms with Gasteiger partial charge in [0.2, 0.25) is 15.9 Å². The molecule has 0 saturated carbocycles. The van der Waals surface area contributed by atoms with Gasteiger partial charge < -0.3 is 4.90 Å². The molecule has 23 heavy (non-hydrogen) atoms. The van der Waals surface area contributed by atoms with Crippen molar-refractivity contribution in [1.29, 1.82) is 0 Å². The van der Waals surface area contributed by atoms with E-state index in [1.807, 2.05) is 0 Å². The van der Waals surface area contributed by atoms with Crippen LogP contribution in [-0.2, 0) is 14.8 Å². The summed E-state index contributed by atoms with van der Waals surface area (Å²) in [5.41, 5.74) is 0. The van der Waals surface area contributed by atoms with Gasteiger partial charge in [0, 0.05) is 27.2 Å². The summed E-state index contributed by atoms with van der Waals surface area (Å²) >= 11 is 0. The van der Waals surface area contributed by atoms with E-state index in [-0.39, 0.29) is 19.0 Å². The van der Waals surface area contributed by atoms with E-state index in [4.69, 9.17) is 0 Å². The van der Waals surface area contributed by atoms with Crippen LogP contribution >= 0.6 is 0 Å². The van der Waals surface area contributed by atoms with E-state index in [1.165, 1.54) is 4.90 Å². The molecule has 1 aromatic rings. The molecular formula is C14H17F3N2O3S. The van der Waals surface area contributed by atoms with Gasteiger partial charge in [0.05, 0.1) is 5.92 Å². The first kappa shape index (κ1) is 17.7. The van der Waals surface area contributed by atoms with Gasteiger partial charge in [0.25, 0.3) is 0 Å². The quantitative estimate of drug-likeness (QED) is 0.778. The van der Waals surface area contributed by atoms with E-state index >= 15 is 0 Å². The van der Waals surface area contributed by atoms with Gasteiger partial charge in [-0.2, -0.15) is 4.31 Å². The summed E-state index contributed by atoms with van der Waals surface area (Å²) in [6.07, 6.45) is 0.943. The molecule has 1 atom stereocenters. The van der Waals surface area contributed by atoms with Crippen LogP contribution in [0.25, 0.3) is 0 Å². The van der Waals surface area contributed by atoms with Crippen molar-refractivity contribution in [1.82, 2.24) is 9.21 Å². The van der Waals surface area contributed by atoms with Crippen LogP contribution in [0.15, 0.2) is 17.0 Å². The summed E-state index contributed by atoms with van der Waals surface area (Å²) in [5.74, 6) is -5.80. The third kappa shape index (κ3) is 3.35. The summed E-state index contributed by atoms with van der Waals surface area (Å²) in [4.78, 5) is 12.4. The first-order chi connectivity index (χ1) is 10.7. The SMILES string of the molecule is CN(C)C(=O)[C@@H]1CCCN(S(=O)(=O)c2ccc(F)c(F)c2F)C1. The topological polar surface area (TPSA) is 57.7 Å². The minimum atomic E-state index is -4.34. The number of hydrogen-bond donors (Lipinski definition) is 0. The maximum atomic E-state index is 13.8. The second kappa shape index (κ2) is 6.48. The van der Waals surface area contributed by atoms with Crippen LogP contribution in [0.5, 0.6) is 0 Å². The predicted octanol–water partition coefficient (Wildman–Crippen LogP) is 1.59. The van der Waals surface area contributed by atoms with Crippen LogP contribution in [0.1, 0.15) is 12.8 Å². The molecule has 1 heterocycles. The van der Waals surface area contributed by atoms with Crippen molar-refractivity contribution in [2.75, 3.05) is 27.2 Å². The van der Waals surface area contributed by atoms with Gasteiger partial charge in [-0.15, -0.1) is 0 Å². The van der Waals surface area contributed by atoms with Crippen molar-refractivity contribution < 1.29 is 26.4 Å². The molecule has 0 N–H and O–H groups in total. The van der Waals surface area contributed by atoms with Gasteiger partial charge in [0.15, 0.2) is 17.5 Å². The number of piperidine rings is 1. The van der Waals surface area contributed by atoms with E-state index in [0.717, 1.165) is 4.31 Å². The van der Waals surface area contributed by atoms with Gasteiger partial charge in [-0.25, -0.2) is 21.6 Å². The van der Waals surface area contributed by atoms with Crippen LogP contribution in [0, 0.1) is 23.4 Å². The molecule has 9 heteroatoms. The normalized spacial score (nSPS) is 19.6. The van der Waals surface area contributed by atoms with Gasteiger partial charge in [-0.3, -0.25) is 4.79 Å². The van der Waals surface area contributed by atoms with Crippen LogP contribution in [-0.4, -0.2) is 50.7 Å². The molecule has 128 valence electrons. The van der Waals surface area contributed by atoms with Crippen molar-refractivity contribution in [3.05, 3.63) is 29.6 Å². The van der Waals surface area contributed by atoms with Crippen LogP contribution in [0.4, 0.5) is 13.2 Å². The van der Waals surface area contributed by atoms with Gasteiger partial charge in [-0.05, 0) is 25.0 Å². The maximum absolute atomic E-state index is 13.8. The van der Waals surface area contributed by atoms with E-state index in [9.17, 15) is 26.4 Å². The van der Waals surface area contributed by atoms with Gasteiger partial charge >= 0.3 is 0 Å². The molecule has 1 fully saturated rings. The van der Waals surface area contributed by atoms with E-state index < -0.39 is 38.3 Å². The Morgan fingerprint density at radius 1 is 1.22 bits per heavy atom. The zero-order valence-electron chi connectivity index (χ0n) is 12.7. The maximum Gasteiger partial charge on any atom is 0.246 e. The molecule has 1 saturated heterocycles. The molecule has 0 bridgehead atoms. The lowest BCUT2D eigenvalue weighted by molar-refractivity contribution is -0.134. The van der Waals surface area contributed by atoms with Gasteiger partial charge in [0.1, 0.15) is 4.90 Å². The highest BCUT2D eigenvalue weighted by Crippen LogP contribution is 2.27. The lowest BCUT2D eigenvalue weighted by Crippen LogP contribution is -2.45. The Hall–Kier alpha value is -1.61. The number of sulfonamides is 1. The smallest absolute Gasteiger partial charge is 0.246 e. The zero-order valence-corrected chi connectivity index (χ0v) is 13.5. The highest BCUT2D eigenvalue weighted by Gasteiger charge is 2.36. The summed E-state index contributed by atoms with van der Waals surface area (Å²) in [7, 11) is -1.22. The lowest BCUT2D eigenvalue weighted by Gasteiger charge is -2.32. The van der Waals surface area contributed by atoms with Crippen molar-refractivity contribution in [2.24, 2.45) is 5.92 Å².